The molecular formula is C10H8F3NO. The normalized spacial score (nSPS) is 10.9. The van der Waals surface area contributed by atoms with Crippen LogP contribution in [0.1, 0.15) is 5.56 Å². The van der Waals surface area contributed by atoms with Crippen LogP contribution in [0.5, 0.6) is 0 Å². The lowest BCUT2D eigenvalue weighted by Gasteiger charge is -2.10. The first kappa shape index (κ1) is 11.3. The van der Waals surface area contributed by atoms with Crippen LogP contribution in [0.25, 0.3) is 5.70 Å². The van der Waals surface area contributed by atoms with Crippen molar-refractivity contribution in [2.75, 3.05) is 0 Å². The lowest BCUT2D eigenvalue weighted by atomic mass is 10.2. The van der Waals surface area contributed by atoms with Crippen molar-refractivity contribution in [2.45, 2.75) is 6.18 Å². The van der Waals surface area contributed by atoms with Gasteiger partial charge in [-0.25, -0.2) is 0 Å². The van der Waals surface area contributed by atoms with Gasteiger partial charge in [-0.05, 0) is 5.56 Å². The molecule has 0 saturated carbocycles. The van der Waals surface area contributed by atoms with Crippen molar-refractivity contribution >= 4 is 11.6 Å². The van der Waals surface area contributed by atoms with Gasteiger partial charge in [0.05, 0.1) is 0 Å². The Morgan fingerprint density at radius 3 is 2.20 bits per heavy atom. The second-order valence-electron chi connectivity index (χ2n) is 2.80. The minimum atomic E-state index is -4.89. The van der Waals surface area contributed by atoms with Crippen molar-refractivity contribution in [1.82, 2.24) is 5.32 Å². The monoisotopic (exact) mass is 215 g/mol. The molecule has 0 saturated heterocycles. The molecule has 0 aromatic heterocycles. The SMILES string of the molecule is C=C(NC(=O)C(F)(F)F)c1ccccc1. The van der Waals surface area contributed by atoms with Crippen LogP contribution in [0.3, 0.4) is 0 Å². The first-order chi connectivity index (χ1) is 6.91. The van der Waals surface area contributed by atoms with E-state index >= 15 is 0 Å². The highest BCUT2D eigenvalue weighted by Gasteiger charge is 2.38. The van der Waals surface area contributed by atoms with E-state index in [4.69, 9.17) is 0 Å². The number of benzene rings is 1. The molecule has 0 aliphatic carbocycles. The Balaban J connectivity index is 2.70. The number of nitrogens with one attached hydrogen (secondary N) is 1. The largest absolute Gasteiger partial charge is 0.471 e. The van der Waals surface area contributed by atoms with Gasteiger partial charge in [0, 0.05) is 5.70 Å². The van der Waals surface area contributed by atoms with Crippen LogP contribution in [0.2, 0.25) is 0 Å². The fourth-order valence-electron chi connectivity index (χ4n) is 0.919. The molecule has 5 heteroatoms. The summed E-state index contributed by atoms with van der Waals surface area (Å²) in [6.45, 7) is 3.35. The third-order valence-electron chi connectivity index (χ3n) is 1.64. The van der Waals surface area contributed by atoms with Gasteiger partial charge in [-0.1, -0.05) is 36.9 Å². The summed E-state index contributed by atoms with van der Waals surface area (Å²) in [5.41, 5.74) is 0.369. The Labute approximate surface area is 84.4 Å². The summed E-state index contributed by atoms with van der Waals surface area (Å²) in [4.78, 5) is 10.6. The van der Waals surface area contributed by atoms with Gasteiger partial charge in [0.25, 0.3) is 0 Å². The number of halogens is 3. The zero-order chi connectivity index (χ0) is 11.5. The van der Waals surface area contributed by atoms with E-state index in [2.05, 4.69) is 6.58 Å². The Morgan fingerprint density at radius 2 is 1.73 bits per heavy atom. The van der Waals surface area contributed by atoms with E-state index in [1.54, 1.807) is 35.6 Å². The highest BCUT2D eigenvalue weighted by Crippen LogP contribution is 2.17. The zero-order valence-electron chi connectivity index (χ0n) is 7.64. The molecule has 80 valence electrons. The van der Waals surface area contributed by atoms with Crippen LogP contribution >= 0.6 is 0 Å². The van der Waals surface area contributed by atoms with Crippen molar-refractivity contribution in [2.24, 2.45) is 0 Å². The van der Waals surface area contributed by atoms with Gasteiger partial charge in [0.2, 0.25) is 0 Å². The maximum atomic E-state index is 11.9. The standard InChI is InChI=1S/C10H8F3NO/c1-7(8-5-3-2-4-6-8)14-9(15)10(11,12)13/h2-6H,1H2,(H,14,15). The predicted molar refractivity (Wildman–Crippen MR) is 49.7 cm³/mol. The van der Waals surface area contributed by atoms with E-state index in [-0.39, 0.29) is 5.70 Å². The number of rotatable bonds is 2. The molecule has 15 heavy (non-hydrogen) atoms. The topological polar surface area (TPSA) is 29.1 Å². The molecule has 1 amide bonds. The minimum Gasteiger partial charge on any atom is -0.318 e. The van der Waals surface area contributed by atoms with Gasteiger partial charge in [0.15, 0.2) is 0 Å². The molecule has 0 bridgehead atoms. The van der Waals surface area contributed by atoms with E-state index in [0.717, 1.165) is 0 Å². The summed E-state index contributed by atoms with van der Waals surface area (Å²) in [5.74, 6) is -2.02. The maximum Gasteiger partial charge on any atom is 0.471 e. The predicted octanol–water partition coefficient (Wildman–Crippen LogP) is 2.34. The molecule has 0 radical (unpaired) electrons. The van der Waals surface area contributed by atoms with Gasteiger partial charge in [-0.3, -0.25) is 4.79 Å². The lowest BCUT2D eigenvalue weighted by Crippen LogP contribution is -2.35. The molecule has 0 unspecified atom stereocenters. The number of carbonyl (C=O) groups is 1. The van der Waals surface area contributed by atoms with Crippen LogP contribution in [-0.4, -0.2) is 12.1 Å². The smallest absolute Gasteiger partial charge is 0.318 e. The molecule has 0 aliphatic rings. The summed E-state index contributed by atoms with van der Waals surface area (Å²) in [7, 11) is 0. The van der Waals surface area contributed by atoms with Crippen LogP contribution in [-0.2, 0) is 4.79 Å². The van der Waals surface area contributed by atoms with E-state index in [1.165, 1.54) is 0 Å². The number of alkyl halides is 3. The van der Waals surface area contributed by atoms with Crippen LogP contribution in [0.4, 0.5) is 13.2 Å². The Bertz CT molecular complexity index is 370. The van der Waals surface area contributed by atoms with Crippen molar-refractivity contribution in [3.63, 3.8) is 0 Å². The average Bonchev–Trinajstić information content (AvgIpc) is 2.17. The molecule has 1 N–H and O–H groups in total. The molecule has 0 spiro atoms. The molecular weight excluding hydrogens is 207 g/mol. The highest BCUT2D eigenvalue weighted by atomic mass is 19.4. The summed E-state index contributed by atoms with van der Waals surface area (Å²) in [6, 6.07) is 8.10. The fraction of sp³-hybridized carbons (Fsp3) is 0.100. The minimum absolute atomic E-state index is 0.0714. The molecule has 2 nitrogen and oxygen atoms in total. The number of carbonyl (C=O) groups excluding carboxylic acids is 1. The first-order valence-corrected chi connectivity index (χ1v) is 4.04. The van der Waals surface area contributed by atoms with Crippen molar-refractivity contribution in [3.8, 4) is 0 Å². The molecule has 1 rings (SSSR count). The van der Waals surface area contributed by atoms with E-state index in [0.29, 0.717) is 5.56 Å². The summed E-state index contributed by atoms with van der Waals surface area (Å²) in [5, 5.41) is 1.68. The maximum absolute atomic E-state index is 11.9. The Hall–Kier alpha value is -1.78. The quantitative estimate of drug-likeness (QED) is 0.806. The van der Waals surface area contributed by atoms with Gasteiger partial charge < -0.3 is 5.32 Å². The number of hydrogen-bond acceptors (Lipinski definition) is 1. The highest BCUT2D eigenvalue weighted by molar-refractivity contribution is 5.89. The van der Waals surface area contributed by atoms with Gasteiger partial charge in [-0.15, -0.1) is 0 Å². The van der Waals surface area contributed by atoms with E-state index in [1.807, 2.05) is 0 Å². The molecule has 1 aromatic rings. The molecule has 0 atom stereocenters. The van der Waals surface area contributed by atoms with Crippen LogP contribution in [0, 0.1) is 0 Å². The Morgan fingerprint density at radius 1 is 1.20 bits per heavy atom. The second-order valence-corrected chi connectivity index (χ2v) is 2.80. The van der Waals surface area contributed by atoms with Gasteiger partial charge in [-0.2, -0.15) is 13.2 Å². The molecule has 0 aliphatic heterocycles. The van der Waals surface area contributed by atoms with E-state index < -0.39 is 12.1 Å². The van der Waals surface area contributed by atoms with E-state index in [9.17, 15) is 18.0 Å². The summed E-state index contributed by atoms with van der Waals surface area (Å²) >= 11 is 0. The van der Waals surface area contributed by atoms with Crippen molar-refractivity contribution in [1.29, 1.82) is 0 Å². The number of amides is 1. The van der Waals surface area contributed by atoms with Gasteiger partial charge >= 0.3 is 12.1 Å². The third kappa shape index (κ3) is 3.12. The zero-order valence-corrected chi connectivity index (χ0v) is 7.64. The third-order valence-corrected chi connectivity index (χ3v) is 1.64. The summed E-state index contributed by atoms with van der Waals surface area (Å²) < 4.78 is 35.6. The average molecular weight is 215 g/mol. The lowest BCUT2D eigenvalue weighted by molar-refractivity contribution is -0.172. The number of hydrogen-bond donors (Lipinski definition) is 1. The van der Waals surface area contributed by atoms with Crippen LogP contribution in [0.15, 0.2) is 36.9 Å². The molecule has 1 aromatic carbocycles. The molecule has 0 fully saturated rings. The Kier molecular flexibility index (Phi) is 3.14. The van der Waals surface area contributed by atoms with Crippen LogP contribution < -0.4 is 5.32 Å². The van der Waals surface area contributed by atoms with Crippen molar-refractivity contribution < 1.29 is 18.0 Å². The second kappa shape index (κ2) is 4.16. The van der Waals surface area contributed by atoms with Crippen molar-refractivity contribution in [3.05, 3.63) is 42.5 Å². The van der Waals surface area contributed by atoms with Gasteiger partial charge in [0.1, 0.15) is 0 Å². The summed E-state index contributed by atoms with van der Waals surface area (Å²) in [6.07, 6.45) is -4.89. The molecule has 0 heterocycles. The fourth-order valence-corrected chi connectivity index (χ4v) is 0.919. The first-order valence-electron chi connectivity index (χ1n) is 4.04.